The Hall–Kier alpha value is -2.06. The minimum Gasteiger partial charge on any atom is -0.382 e. The summed E-state index contributed by atoms with van der Waals surface area (Å²) in [6.45, 7) is 24.2. The fourth-order valence-electron chi connectivity index (χ4n) is 3.53. The first-order chi connectivity index (χ1) is 14.3. The Morgan fingerprint density at radius 2 is 1.90 bits per heavy atom. The molecule has 0 spiro atoms. The summed E-state index contributed by atoms with van der Waals surface area (Å²) in [7, 11) is 0. The van der Waals surface area contributed by atoms with Crippen molar-refractivity contribution in [3.8, 4) is 0 Å². The summed E-state index contributed by atoms with van der Waals surface area (Å²) < 4.78 is 0. The van der Waals surface area contributed by atoms with Gasteiger partial charge in [0, 0.05) is 31.4 Å². The maximum Gasteiger partial charge on any atom is 0.0331 e. The zero-order valence-corrected chi connectivity index (χ0v) is 20.3. The summed E-state index contributed by atoms with van der Waals surface area (Å²) in [6.07, 6.45) is 9.48. The fraction of sp³-hybridized carbons (Fsp3) is 0.500. The standard InChI is InChI=1S/C18H30N2.C10H14/c1-6-8-9-18(16(5)7-2)19-17-10-12-20(13-11-17)14-15(3)4;1-8(2)10-6-4-5-9(3)7-10/h6,8-9,17,19H,1,3,7,10-14H2,2,4-5H3;4-8H,1-3H3/b9-8-,18-16-;. The van der Waals surface area contributed by atoms with Crippen LogP contribution in [0.4, 0.5) is 0 Å². The number of likely N-dealkylation sites (tertiary alicyclic amines) is 1. The highest BCUT2D eigenvalue weighted by atomic mass is 15.1. The van der Waals surface area contributed by atoms with E-state index in [2.05, 4.69) is 95.3 Å². The summed E-state index contributed by atoms with van der Waals surface area (Å²) in [4.78, 5) is 2.50. The van der Waals surface area contributed by atoms with E-state index in [1.165, 1.54) is 40.8 Å². The topological polar surface area (TPSA) is 15.3 Å². The van der Waals surface area contributed by atoms with Crippen LogP contribution in [0.2, 0.25) is 0 Å². The normalized spacial score (nSPS) is 16.1. The van der Waals surface area contributed by atoms with Gasteiger partial charge >= 0.3 is 0 Å². The van der Waals surface area contributed by atoms with Gasteiger partial charge in [-0.05, 0) is 57.6 Å². The molecule has 0 radical (unpaired) electrons. The number of nitrogens with one attached hydrogen (secondary N) is 1. The molecular formula is C28H44N2. The molecule has 0 unspecified atom stereocenters. The molecule has 1 N–H and O–H groups in total. The van der Waals surface area contributed by atoms with E-state index in [0.29, 0.717) is 12.0 Å². The Labute approximate surface area is 186 Å². The zero-order valence-electron chi connectivity index (χ0n) is 20.3. The molecule has 30 heavy (non-hydrogen) atoms. The van der Waals surface area contributed by atoms with Gasteiger partial charge in [0.15, 0.2) is 0 Å². The van der Waals surface area contributed by atoms with Crippen molar-refractivity contribution in [3.05, 3.63) is 83.6 Å². The number of hydrogen-bond acceptors (Lipinski definition) is 2. The molecule has 1 aromatic rings. The third kappa shape index (κ3) is 10.1. The molecule has 1 aliphatic rings. The van der Waals surface area contributed by atoms with Crippen LogP contribution in [0.15, 0.2) is 72.5 Å². The number of allylic oxidation sites excluding steroid dienone is 4. The molecule has 1 aromatic carbocycles. The molecule has 0 saturated carbocycles. The fourth-order valence-corrected chi connectivity index (χ4v) is 3.53. The van der Waals surface area contributed by atoms with E-state index in [1.807, 2.05) is 12.2 Å². The maximum atomic E-state index is 4.00. The third-order valence-electron chi connectivity index (χ3n) is 5.54. The summed E-state index contributed by atoms with van der Waals surface area (Å²) >= 11 is 0. The van der Waals surface area contributed by atoms with E-state index < -0.39 is 0 Å². The Balaban J connectivity index is 0.000000375. The lowest BCUT2D eigenvalue weighted by Gasteiger charge is -2.33. The largest absolute Gasteiger partial charge is 0.382 e. The average Bonchev–Trinajstić information content (AvgIpc) is 2.72. The minimum absolute atomic E-state index is 0.585. The molecule has 2 rings (SSSR count). The summed E-state index contributed by atoms with van der Waals surface area (Å²) in [6, 6.07) is 9.25. The van der Waals surface area contributed by atoms with Gasteiger partial charge in [0.25, 0.3) is 0 Å². The maximum absolute atomic E-state index is 4.00. The van der Waals surface area contributed by atoms with Crippen LogP contribution < -0.4 is 5.32 Å². The highest BCUT2D eigenvalue weighted by Gasteiger charge is 2.19. The van der Waals surface area contributed by atoms with Gasteiger partial charge in [-0.25, -0.2) is 0 Å². The van der Waals surface area contributed by atoms with Crippen LogP contribution in [0.5, 0.6) is 0 Å². The molecular weight excluding hydrogens is 364 g/mol. The Bertz CT molecular complexity index is 716. The molecule has 2 heteroatoms. The van der Waals surface area contributed by atoms with E-state index in [4.69, 9.17) is 0 Å². The van der Waals surface area contributed by atoms with Crippen molar-refractivity contribution in [1.82, 2.24) is 10.2 Å². The molecule has 1 heterocycles. The van der Waals surface area contributed by atoms with E-state index in [0.717, 1.165) is 26.1 Å². The molecule has 0 amide bonds. The van der Waals surface area contributed by atoms with E-state index in [1.54, 1.807) is 0 Å². The molecule has 2 nitrogen and oxygen atoms in total. The van der Waals surface area contributed by atoms with Gasteiger partial charge in [0.2, 0.25) is 0 Å². The predicted octanol–water partition coefficient (Wildman–Crippen LogP) is 7.16. The van der Waals surface area contributed by atoms with Crippen molar-refractivity contribution < 1.29 is 0 Å². The molecule has 1 fully saturated rings. The molecule has 0 bridgehead atoms. The molecule has 1 aliphatic heterocycles. The highest BCUT2D eigenvalue weighted by molar-refractivity contribution is 5.26. The van der Waals surface area contributed by atoms with E-state index in [9.17, 15) is 0 Å². The molecule has 1 saturated heterocycles. The number of aryl methyl sites for hydroxylation is 1. The number of hydrogen-bond donors (Lipinski definition) is 1. The lowest BCUT2D eigenvalue weighted by atomic mass is 10.0. The third-order valence-corrected chi connectivity index (χ3v) is 5.54. The number of rotatable bonds is 8. The lowest BCUT2D eigenvalue weighted by molar-refractivity contribution is 0.217. The van der Waals surface area contributed by atoms with Crippen LogP contribution in [-0.2, 0) is 0 Å². The Kier molecular flexibility index (Phi) is 12.2. The Morgan fingerprint density at radius 1 is 1.23 bits per heavy atom. The van der Waals surface area contributed by atoms with Gasteiger partial charge in [-0.15, -0.1) is 0 Å². The van der Waals surface area contributed by atoms with Crippen molar-refractivity contribution >= 4 is 0 Å². The van der Waals surface area contributed by atoms with E-state index in [-0.39, 0.29) is 0 Å². The average molecular weight is 409 g/mol. The van der Waals surface area contributed by atoms with Crippen molar-refractivity contribution in [2.75, 3.05) is 19.6 Å². The number of piperidine rings is 1. The summed E-state index contributed by atoms with van der Waals surface area (Å²) in [5, 5.41) is 3.71. The van der Waals surface area contributed by atoms with Gasteiger partial charge in [0.1, 0.15) is 0 Å². The lowest BCUT2D eigenvalue weighted by Crippen LogP contribution is -2.42. The smallest absolute Gasteiger partial charge is 0.0331 e. The number of nitrogens with zero attached hydrogens (tertiary/aromatic N) is 1. The second kappa shape index (κ2) is 14.0. The monoisotopic (exact) mass is 408 g/mol. The van der Waals surface area contributed by atoms with Crippen molar-refractivity contribution in [3.63, 3.8) is 0 Å². The van der Waals surface area contributed by atoms with Crippen LogP contribution in [0.1, 0.15) is 70.9 Å². The van der Waals surface area contributed by atoms with Gasteiger partial charge in [-0.2, -0.15) is 0 Å². The van der Waals surface area contributed by atoms with Gasteiger partial charge in [-0.3, -0.25) is 4.90 Å². The first-order valence-corrected chi connectivity index (χ1v) is 11.4. The number of benzene rings is 1. The first kappa shape index (κ1) is 26.0. The van der Waals surface area contributed by atoms with E-state index >= 15 is 0 Å². The van der Waals surface area contributed by atoms with Gasteiger partial charge in [-0.1, -0.05) is 87.1 Å². The quantitative estimate of drug-likeness (QED) is 0.362. The van der Waals surface area contributed by atoms with Crippen LogP contribution in [0.25, 0.3) is 0 Å². The second-order valence-corrected chi connectivity index (χ2v) is 8.86. The molecule has 0 aliphatic carbocycles. The molecule has 0 aromatic heterocycles. The SMILES string of the molecule is C=C/C=C\C(NC1CCN(CC(=C)C)CC1)=C(/C)CC.Cc1cccc(C(C)C)c1. The predicted molar refractivity (Wildman–Crippen MR) is 135 cm³/mol. The molecule has 166 valence electrons. The Morgan fingerprint density at radius 3 is 2.37 bits per heavy atom. The van der Waals surface area contributed by atoms with Crippen molar-refractivity contribution in [1.29, 1.82) is 0 Å². The minimum atomic E-state index is 0.585. The second-order valence-electron chi connectivity index (χ2n) is 8.86. The van der Waals surface area contributed by atoms with Crippen molar-refractivity contribution in [2.45, 2.75) is 72.8 Å². The summed E-state index contributed by atoms with van der Waals surface area (Å²) in [5.74, 6) is 0.653. The first-order valence-electron chi connectivity index (χ1n) is 11.4. The van der Waals surface area contributed by atoms with Crippen LogP contribution in [-0.4, -0.2) is 30.6 Å². The van der Waals surface area contributed by atoms with Gasteiger partial charge in [0.05, 0.1) is 0 Å². The van der Waals surface area contributed by atoms with Gasteiger partial charge < -0.3 is 5.32 Å². The van der Waals surface area contributed by atoms with Crippen molar-refractivity contribution in [2.24, 2.45) is 0 Å². The molecule has 0 atom stereocenters. The van der Waals surface area contributed by atoms with Crippen LogP contribution >= 0.6 is 0 Å². The highest BCUT2D eigenvalue weighted by Crippen LogP contribution is 2.16. The van der Waals surface area contributed by atoms with Crippen LogP contribution in [0, 0.1) is 6.92 Å². The summed E-state index contributed by atoms with van der Waals surface area (Å²) in [5.41, 5.74) is 6.72. The van der Waals surface area contributed by atoms with Crippen LogP contribution in [0.3, 0.4) is 0 Å². The zero-order chi connectivity index (χ0) is 22.5.